The van der Waals surface area contributed by atoms with Crippen molar-refractivity contribution in [2.75, 3.05) is 75.1 Å². The van der Waals surface area contributed by atoms with Gasteiger partial charge in [0.25, 0.3) is 5.91 Å². The number of ether oxygens (including phenoxy) is 1. The van der Waals surface area contributed by atoms with Crippen molar-refractivity contribution < 1.29 is 14.3 Å². The molecule has 4 aliphatic rings. The van der Waals surface area contributed by atoms with Crippen molar-refractivity contribution in [1.29, 1.82) is 0 Å². The van der Waals surface area contributed by atoms with Crippen LogP contribution >= 0.6 is 0 Å². The summed E-state index contributed by atoms with van der Waals surface area (Å²) in [5.41, 5.74) is 5.44. The van der Waals surface area contributed by atoms with E-state index in [0.29, 0.717) is 31.2 Å². The second kappa shape index (κ2) is 12.7. The van der Waals surface area contributed by atoms with Crippen LogP contribution in [0.5, 0.6) is 5.75 Å². The number of piperazine rings is 1. The summed E-state index contributed by atoms with van der Waals surface area (Å²) >= 11 is 0. The van der Waals surface area contributed by atoms with Crippen LogP contribution in [0.3, 0.4) is 0 Å². The minimum absolute atomic E-state index is 0.0414. The molecular formula is C33H47N7O3. The topological polar surface area (TPSA) is 93.3 Å². The van der Waals surface area contributed by atoms with E-state index in [-0.39, 0.29) is 17.9 Å². The molecule has 4 heterocycles. The van der Waals surface area contributed by atoms with Crippen molar-refractivity contribution in [1.82, 2.24) is 20.1 Å². The highest BCUT2D eigenvalue weighted by Crippen LogP contribution is 2.45. The van der Waals surface area contributed by atoms with Crippen LogP contribution in [0.2, 0.25) is 0 Å². The molecule has 2 aromatic rings. The van der Waals surface area contributed by atoms with E-state index in [4.69, 9.17) is 9.72 Å². The Hall–Kier alpha value is -3.37. The van der Waals surface area contributed by atoms with Crippen molar-refractivity contribution in [3.05, 3.63) is 35.0 Å². The first-order valence-corrected chi connectivity index (χ1v) is 16.2. The maximum absolute atomic E-state index is 13.3. The second-order valence-corrected chi connectivity index (χ2v) is 12.6. The Morgan fingerprint density at radius 2 is 1.88 bits per heavy atom. The molecule has 1 saturated heterocycles. The Balaban J connectivity index is 1.19. The van der Waals surface area contributed by atoms with Gasteiger partial charge >= 0.3 is 0 Å². The summed E-state index contributed by atoms with van der Waals surface area (Å²) in [5.74, 6) is 1.58. The normalized spacial score (nSPS) is 21.1. The molecule has 1 aromatic carbocycles. The average molecular weight is 590 g/mol. The third kappa shape index (κ3) is 5.79. The van der Waals surface area contributed by atoms with Crippen LogP contribution in [0.15, 0.2) is 18.3 Å². The van der Waals surface area contributed by atoms with Gasteiger partial charge in [0.05, 0.1) is 29.9 Å². The summed E-state index contributed by atoms with van der Waals surface area (Å²) in [7, 11) is 4.03. The van der Waals surface area contributed by atoms with Gasteiger partial charge in [-0.25, -0.2) is 4.98 Å². The molecule has 2 fully saturated rings. The number of rotatable bonds is 9. The third-order valence-electron chi connectivity index (χ3n) is 9.83. The Labute approximate surface area is 255 Å². The van der Waals surface area contributed by atoms with E-state index in [9.17, 15) is 9.59 Å². The molecule has 232 valence electrons. The molecule has 1 atom stereocenters. The Kier molecular flexibility index (Phi) is 8.77. The molecule has 6 rings (SSSR count). The van der Waals surface area contributed by atoms with Gasteiger partial charge in [-0.05, 0) is 58.3 Å². The SMILES string of the molecule is CCC1C(=O)N(C)c2cnc(Nc3ccc(C(=O)NCCCN4CCN(C)CC4)c4c3OCC4)c(C)c2N1C1CCCC1. The molecule has 1 saturated carbocycles. The molecule has 10 heteroatoms. The number of carbonyl (C=O) groups excluding carboxylic acids is 2. The largest absolute Gasteiger partial charge is 0.491 e. The minimum atomic E-state index is -0.165. The van der Waals surface area contributed by atoms with Crippen molar-refractivity contribution >= 4 is 34.7 Å². The standard InChI is InChI=1S/C33H47N7O3/c1-5-27-33(42)38(4)28-21-35-31(22(2)29(28)40(27)23-9-6-7-10-23)36-26-12-11-25(24-13-20-43-30(24)26)32(41)34-14-8-15-39-18-16-37(3)17-19-39/h11-12,21,23,27H,5-10,13-20H2,1-4H3,(H,34,41)(H,35,36). The molecule has 2 amide bonds. The van der Waals surface area contributed by atoms with E-state index >= 15 is 0 Å². The number of nitrogens with one attached hydrogen (secondary N) is 2. The summed E-state index contributed by atoms with van der Waals surface area (Å²) in [4.78, 5) is 40.3. The number of nitrogens with zero attached hydrogens (tertiary/aromatic N) is 5. The number of pyridine rings is 1. The van der Waals surface area contributed by atoms with E-state index in [1.165, 1.54) is 12.8 Å². The molecule has 10 nitrogen and oxygen atoms in total. The van der Waals surface area contributed by atoms with Crippen LogP contribution in [0.4, 0.5) is 22.9 Å². The van der Waals surface area contributed by atoms with Gasteiger partial charge in [0.2, 0.25) is 5.91 Å². The van der Waals surface area contributed by atoms with Gasteiger partial charge < -0.3 is 35.0 Å². The van der Waals surface area contributed by atoms with E-state index in [0.717, 1.165) is 98.2 Å². The zero-order chi connectivity index (χ0) is 30.1. The van der Waals surface area contributed by atoms with Crippen LogP contribution in [0.25, 0.3) is 0 Å². The lowest BCUT2D eigenvalue weighted by Gasteiger charge is -2.45. The van der Waals surface area contributed by atoms with Crippen LogP contribution in [-0.4, -0.2) is 98.7 Å². The fraction of sp³-hybridized carbons (Fsp3) is 0.606. The van der Waals surface area contributed by atoms with Gasteiger partial charge in [-0.3, -0.25) is 9.59 Å². The van der Waals surface area contributed by atoms with Gasteiger partial charge in [-0.15, -0.1) is 0 Å². The van der Waals surface area contributed by atoms with Gasteiger partial charge in [0.15, 0.2) is 0 Å². The number of likely N-dealkylation sites (N-methyl/N-ethyl adjacent to an activating group) is 2. The number of amides is 2. The van der Waals surface area contributed by atoms with E-state index < -0.39 is 0 Å². The van der Waals surface area contributed by atoms with E-state index in [1.807, 2.05) is 25.4 Å². The fourth-order valence-electron chi connectivity index (χ4n) is 7.30. The summed E-state index contributed by atoms with van der Waals surface area (Å²) in [6.07, 6.45) is 8.85. The van der Waals surface area contributed by atoms with Crippen molar-refractivity contribution in [3.63, 3.8) is 0 Å². The molecule has 1 unspecified atom stereocenters. The monoisotopic (exact) mass is 589 g/mol. The molecule has 43 heavy (non-hydrogen) atoms. The second-order valence-electron chi connectivity index (χ2n) is 12.6. The zero-order valence-corrected chi connectivity index (χ0v) is 26.2. The van der Waals surface area contributed by atoms with Crippen LogP contribution < -0.4 is 25.2 Å². The number of hydrogen-bond acceptors (Lipinski definition) is 8. The lowest BCUT2D eigenvalue weighted by Crippen LogP contribution is -2.55. The maximum Gasteiger partial charge on any atom is 0.251 e. The maximum atomic E-state index is 13.3. The van der Waals surface area contributed by atoms with Crippen molar-refractivity contribution in [3.8, 4) is 5.75 Å². The number of benzene rings is 1. The Bertz CT molecular complexity index is 1350. The van der Waals surface area contributed by atoms with Gasteiger partial charge in [0.1, 0.15) is 17.6 Å². The predicted octanol–water partition coefficient (Wildman–Crippen LogP) is 3.94. The van der Waals surface area contributed by atoms with Gasteiger partial charge in [-0.2, -0.15) is 0 Å². The molecule has 0 radical (unpaired) electrons. The van der Waals surface area contributed by atoms with Crippen LogP contribution in [0, 0.1) is 6.92 Å². The molecule has 3 aliphatic heterocycles. The first-order valence-electron chi connectivity index (χ1n) is 16.2. The summed E-state index contributed by atoms with van der Waals surface area (Å²) in [6.45, 7) is 10.8. The number of carbonyl (C=O) groups is 2. The number of fused-ring (bicyclic) bond motifs is 2. The van der Waals surface area contributed by atoms with Gasteiger partial charge in [0, 0.05) is 68.9 Å². The summed E-state index contributed by atoms with van der Waals surface area (Å²) in [5, 5.41) is 6.68. The molecule has 1 aliphatic carbocycles. The number of anilines is 4. The molecule has 2 N–H and O–H groups in total. The lowest BCUT2D eigenvalue weighted by molar-refractivity contribution is -0.120. The van der Waals surface area contributed by atoms with Crippen LogP contribution in [0.1, 0.15) is 66.9 Å². The Morgan fingerprint density at radius 1 is 1.12 bits per heavy atom. The Morgan fingerprint density at radius 3 is 2.63 bits per heavy atom. The third-order valence-corrected chi connectivity index (χ3v) is 9.83. The van der Waals surface area contributed by atoms with E-state index in [1.54, 1.807) is 4.90 Å². The highest BCUT2D eigenvalue weighted by Gasteiger charge is 2.41. The minimum Gasteiger partial charge on any atom is -0.491 e. The first kappa shape index (κ1) is 29.7. The van der Waals surface area contributed by atoms with Gasteiger partial charge in [-0.1, -0.05) is 19.8 Å². The smallest absolute Gasteiger partial charge is 0.251 e. The van der Waals surface area contributed by atoms with E-state index in [2.05, 4.69) is 46.2 Å². The zero-order valence-electron chi connectivity index (χ0n) is 26.2. The predicted molar refractivity (Wildman–Crippen MR) is 171 cm³/mol. The molecule has 0 bridgehead atoms. The molecular weight excluding hydrogens is 542 g/mol. The summed E-state index contributed by atoms with van der Waals surface area (Å²) < 4.78 is 6.08. The molecule has 0 spiro atoms. The quantitative estimate of drug-likeness (QED) is 0.425. The number of hydrogen-bond donors (Lipinski definition) is 2. The molecule has 1 aromatic heterocycles. The average Bonchev–Trinajstić information content (AvgIpc) is 3.72. The highest BCUT2D eigenvalue weighted by molar-refractivity contribution is 6.06. The highest BCUT2D eigenvalue weighted by atomic mass is 16.5. The first-order chi connectivity index (χ1) is 20.9. The summed E-state index contributed by atoms with van der Waals surface area (Å²) in [6, 6.07) is 4.04. The van der Waals surface area contributed by atoms with Crippen molar-refractivity contribution in [2.24, 2.45) is 0 Å². The van der Waals surface area contributed by atoms with Crippen LogP contribution in [-0.2, 0) is 11.2 Å². The lowest BCUT2D eigenvalue weighted by atomic mass is 9.98. The fourth-order valence-corrected chi connectivity index (χ4v) is 7.30. The number of aromatic nitrogens is 1. The van der Waals surface area contributed by atoms with Crippen molar-refractivity contribution in [2.45, 2.75) is 70.9 Å².